The second kappa shape index (κ2) is 4.33. The Kier molecular flexibility index (Phi) is 3.66. The average molecular weight is 186 g/mol. The summed E-state index contributed by atoms with van der Waals surface area (Å²) in [5, 5.41) is 9.87. The van der Waals surface area contributed by atoms with Gasteiger partial charge in [0.15, 0.2) is 0 Å². The smallest absolute Gasteiger partial charge is 0.0687 e. The molecule has 2 unspecified atom stereocenters. The Morgan fingerprint density at radius 1 is 1.75 bits per heavy atom. The van der Waals surface area contributed by atoms with E-state index in [1.165, 1.54) is 12.2 Å². The van der Waals surface area contributed by atoms with Crippen LogP contribution in [0, 0.1) is 0 Å². The van der Waals surface area contributed by atoms with Crippen LogP contribution in [-0.2, 0) is 0 Å². The van der Waals surface area contributed by atoms with Crippen molar-refractivity contribution in [1.29, 1.82) is 0 Å². The van der Waals surface area contributed by atoms with Crippen molar-refractivity contribution in [1.82, 2.24) is 0 Å². The van der Waals surface area contributed by atoms with Gasteiger partial charge in [0, 0.05) is 4.75 Å². The van der Waals surface area contributed by atoms with Gasteiger partial charge in [0.25, 0.3) is 0 Å². The first-order valence-electron chi connectivity index (χ1n) is 4.62. The van der Waals surface area contributed by atoms with E-state index < -0.39 is 0 Å². The van der Waals surface area contributed by atoms with E-state index in [1.807, 2.05) is 17.8 Å². The Hall–Kier alpha value is 0.0500. The lowest BCUT2D eigenvalue weighted by atomic mass is 9.95. The van der Waals surface area contributed by atoms with Crippen molar-refractivity contribution in [2.24, 2.45) is 0 Å². The molecule has 0 aromatic rings. The van der Waals surface area contributed by atoms with E-state index in [0.717, 1.165) is 19.3 Å². The van der Waals surface area contributed by atoms with Crippen LogP contribution < -0.4 is 0 Å². The van der Waals surface area contributed by atoms with Gasteiger partial charge in [-0.2, -0.15) is 11.8 Å². The number of hydrogen-bond acceptors (Lipinski definition) is 2. The minimum atomic E-state index is -0.150. The molecule has 0 radical (unpaired) electrons. The lowest BCUT2D eigenvalue weighted by Crippen LogP contribution is -2.33. The zero-order chi connectivity index (χ0) is 9.03. The van der Waals surface area contributed by atoms with Crippen molar-refractivity contribution >= 4 is 11.8 Å². The van der Waals surface area contributed by atoms with Gasteiger partial charge >= 0.3 is 0 Å². The lowest BCUT2D eigenvalue weighted by molar-refractivity contribution is 0.125. The molecule has 1 aliphatic heterocycles. The Bertz CT molecular complexity index is 150. The summed E-state index contributed by atoms with van der Waals surface area (Å²) in [6.45, 7) is 5.84. The van der Waals surface area contributed by atoms with Gasteiger partial charge in [-0.1, -0.05) is 6.08 Å². The highest BCUT2D eigenvalue weighted by atomic mass is 32.2. The predicted molar refractivity (Wildman–Crippen MR) is 55.5 cm³/mol. The normalized spacial score (nSPS) is 31.8. The number of hydrogen-bond donors (Lipinski definition) is 1. The first kappa shape index (κ1) is 10.1. The SMILES string of the molecule is C=CCCC(O)C1(C)CCCS1. The minimum absolute atomic E-state index is 0.128. The molecule has 1 aliphatic rings. The molecule has 2 atom stereocenters. The second-order valence-electron chi connectivity index (χ2n) is 3.65. The monoisotopic (exact) mass is 186 g/mol. The van der Waals surface area contributed by atoms with Gasteiger partial charge in [0.2, 0.25) is 0 Å². The van der Waals surface area contributed by atoms with Crippen LogP contribution in [0.15, 0.2) is 12.7 Å². The average Bonchev–Trinajstić information content (AvgIpc) is 2.49. The van der Waals surface area contributed by atoms with Gasteiger partial charge in [0.1, 0.15) is 0 Å². The molecule has 70 valence electrons. The zero-order valence-corrected chi connectivity index (χ0v) is 8.57. The number of aliphatic hydroxyl groups is 1. The summed E-state index contributed by atoms with van der Waals surface area (Å²) in [7, 11) is 0. The van der Waals surface area contributed by atoms with Gasteiger partial charge in [-0.25, -0.2) is 0 Å². The molecule has 0 spiro atoms. The molecular weight excluding hydrogens is 168 g/mol. The van der Waals surface area contributed by atoms with Crippen molar-refractivity contribution in [2.45, 2.75) is 43.5 Å². The molecule has 1 saturated heterocycles. The first-order valence-corrected chi connectivity index (χ1v) is 5.60. The van der Waals surface area contributed by atoms with Crippen molar-refractivity contribution < 1.29 is 5.11 Å². The fourth-order valence-electron chi connectivity index (χ4n) is 1.64. The molecule has 0 bridgehead atoms. The van der Waals surface area contributed by atoms with E-state index in [4.69, 9.17) is 0 Å². The maximum atomic E-state index is 9.87. The summed E-state index contributed by atoms with van der Waals surface area (Å²) in [6, 6.07) is 0. The van der Waals surface area contributed by atoms with E-state index in [-0.39, 0.29) is 10.9 Å². The molecule has 0 amide bonds. The van der Waals surface area contributed by atoms with E-state index in [9.17, 15) is 5.11 Å². The third-order valence-electron chi connectivity index (χ3n) is 2.60. The third-order valence-corrected chi connectivity index (χ3v) is 4.23. The predicted octanol–water partition coefficient (Wildman–Crippen LogP) is 2.60. The standard InChI is InChI=1S/C10H18OS/c1-3-4-6-9(11)10(2)7-5-8-12-10/h3,9,11H,1,4-8H2,2H3. The lowest BCUT2D eigenvalue weighted by Gasteiger charge is -2.28. The molecule has 0 aliphatic carbocycles. The highest BCUT2D eigenvalue weighted by Crippen LogP contribution is 2.41. The second-order valence-corrected chi connectivity index (χ2v) is 5.28. The number of allylic oxidation sites excluding steroid dienone is 1. The van der Waals surface area contributed by atoms with Gasteiger partial charge < -0.3 is 5.11 Å². The minimum Gasteiger partial charge on any atom is -0.392 e. The molecule has 1 fully saturated rings. The van der Waals surface area contributed by atoms with Gasteiger partial charge in [0.05, 0.1) is 6.10 Å². The van der Waals surface area contributed by atoms with Crippen LogP contribution in [0.5, 0.6) is 0 Å². The highest BCUT2D eigenvalue weighted by molar-refractivity contribution is 8.00. The van der Waals surface area contributed by atoms with Crippen molar-refractivity contribution in [3.8, 4) is 0 Å². The van der Waals surface area contributed by atoms with Crippen LogP contribution in [0.3, 0.4) is 0 Å². The summed E-state index contributed by atoms with van der Waals surface area (Å²) in [4.78, 5) is 0. The summed E-state index contributed by atoms with van der Waals surface area (Å²) in [5.41, 5.74) is 0. The van der Waals surface area contributed by atoms with Crippen molar-refractivity contribution in [2.75, 3.05) is 5.75 Å². The molecule has 1 rings (SSSR count). The highest BCUT2D eigenvalue weighted by Gasteiger charge is 2.35. The molecule has 2 heteroatoms. The molecule has 1 heterocycles. The largest absolute Gasteiger partial charge is 0.392 e. The Labute approximate surface area is 79.2 Å². The molecule has 0 saturated carbocycles. The molecule has 1 nitrogen and oxygen atoms in total. The first-order chi connectivity index (χ1) is 5.69. The van der Waals surface area contributed by atoms with Crippen LogP contribution in [0.1, 0.15) is 32.6 Å². The van der Waals surface area contributed by atoms with Gasteiger partial charge in [-0.05, 0) is 38.4 Å². The fraction of sp³-hybridized carbons (Fsp3) is 0.800. The molecule has 0 aromatic carbocycles. The van der Waals surface area contributed by atoms with E-state index in [0.29, 0.717) is 0 Å². The molecular formula is C10H18OS. The van der Waals surface area contributed by atoms with Crippen LogP contribution in [0.2, 0.25) is 0 Å². The number of rotatable bonds is 4. The van der Waals surface area contributed by atoms with Crippen LogP contribution in [0.4, 0.5) is 0 Å². The van der Waals surface area contributed by atoms with Crippen molar-refractivity contribution in [3.05, 3.63) is 12.7 Å². The Morgan fingerprint density at radius 2 is 2.50 bits per heavy atom. The topological polar surface area (TPSA) is 20.2 Å². The summed E-state index contributed by atoms with van der Waals surface area (Å²) in [5.74, 6) is 1.21. The zero-order valence-electron chi connectivity index (χ0n) is 7.75. The fourth-order valence-corrected chi connectivity index (χ4v) is 3.00. The van der Waals surface area contributed by atoms with Gasteiger partial charge in [-0.15, -0.1) is 6.58 Å². The quantitative estimate of drug-likeness (QED) is 0.681. The number of thioether (sulfide) groups is 1. The van der Waals surface area contributed by atoms with Crippen molar-refractivity contribution in [3.63, 3.8) is 0 Å². The van der Waals surface area contributed by atoms with Crippen LogP contribution in [-0.4, -0.2) is 21.7 Å². The Balaban J connectivity index is 2.38. The molecule has 12 heavy (non-hydrogen) atoms. The van der Waals surface area contributed by atoms with E-state index >= 15 is 0 Å². The summed E-state index contributed by atoms with van der Waals surface area (Å²) < 4.78 is 0.128. The maximum Gasteiger partial charge on any atom is 0.0687 e. The molecule has 0 aromatic heterocycles. The van der Waals surface area contributed by atoms with E-state index in [1.54, 1.807) is 0 Å². The van der Waals surface area contributed by atoms with Gasteiger partial charge in [-0.3, -0.25) is 0 Å². The summed E-state index contributed by atoms with van der Waals surface area (Å²) >= 11 is 1.92. The van der Waals surface area contributed by atoms with Crippen LogP contribution >= 0.6 is 11.8 Å². The number of aliphatic hydroxyl groups excluding tert-OH is 1. The third kappa shape index (κ3) is 2.27. The molecule has 1 N–H and O–H groups in total. The van der Waals surface area contributed by atoms with Crippen LogP contribution in [0.25, 0.3) is 0 Å². The summed E-state index contributed by atoms with van der Waals surface area (Å²) in [6.07, 6.45) is 5.95. The maximum absolute atomic E-state index is 9.87. The van der Waals surface area contributed by atoms with E-state index in [2.05, 4.69) is 13.5 Å². The Morgan fingerprint density at radius 3 is 3.00 bits per heavy atom.